The van der Waals surface area contributed by atoms with Crippen LogP contribution in [-0.2, 0) is 0 Å². The molecule has 1 aromatic carbocycles. The van der Waals surface area contributed by atoms with Gasteiger partial charge in [0.25, 0.3) is 0 Å². The number of rotatable bonds is 4. The van der Waals surface area contributed by atoms with Crippen molar-refractivity contribution in [2.75, 3.05) is 6.67 Å². The van der Waals surface area contributed by atoms with Crippen LogP contribution < -0.4 is 5.73 Å². The van der Waals surface area contributed by atoms with Crippen LogP contribution in [-0.4, -0.2) is 6.67 Å². The third kappa shape index (κ3) is 2.81. The number of benzene rings is 1. The highest BCUT2D eigenvalue weighted by atomic mass is 19.1. The molecule has 0 aliphatic carbocycles. The van der Waals surface area contributed by atoms with Gasteiger partial charge in [0.1, 0.15) is 0 Å². The van der Waals surface area contributed by atoms with Crippen molar-refractivity contribution in [2.24, 2.45) is 5.73 Å². The van der Waals surface area contributed by atoms with E-state index >= 15 is 0 Å². The Hall–Kier alpha value is -0.890. The van der Waals surface area contributed by atoms with E-state index in [4.69, 9.17) is 5.73 Å². The summed E-state index contributed by atoms with van der Waals surface area (Å²) >= 11 is 0. The van der Waals surface area contributed by atoms with Gasteiger partial charge in [-0.2, -0.15) is 0 Å². The summed E-state index contributed by atoms with van der Waals surface area (Å²) in [5, 5.41) is 0. The van der Waals surface area contributed by atoms with Crippen molar-refractivity contribution in [3.63, 3.8) is 0 Å². The molecule has 0 aromatic heterocycles. The van der Waals surface area contributed by atoms with Crippen LogP contribution in [0.25, 0.3) is 0 Å². The Balaban J connectivity index is 2.72. The first-order valence-corrected chi connectivity index (χ1v) is 5.06. The van der Waals surface area contributed by atoms with Gasteiger partial charge in [0.2, 0.25) is 0 Å². The maximum absolute atomic E-state index is 12.1. The summed E-state index contributed by atoms with van der Waals surface area (Å²) in [6.45, 7) is 3.94. The van der Waals surface area contributed by atoms with E-state index in [1.807, 2.05) is 12.1 Å². The minimum absolute atomic E-state index is 0.166. The molecule has 0 saturated heterocycles. The Bertz CT molecular complexity index is 266. The lowest BCUT2D eigenvalue weighted by Crippen LogP contribution is -2.10. The van der Waals surface area contributed by atoms with Gasteiger partial charge in [-0.1, -0.05) is 38.1 Å². The van der Waals surface area contributed by atoms with Crippen LogP contribution in [0.15, 0.2) is 24.3 Å². The number of halogens is 1. The predicted octanol–water partition coefficient (Wildman–Crippen LogP) is 3.17. The largest absolute Gasteiger partial charge is 0.324 e. The summed E-state index contributed by atoms with van der Waals surface area (Å²) < 4.78 is 12.1. The molecule has 78 valence electrons. The van der Waals surface area contributed by atoms with Crippen LogP contribution in [0.1, 0.15) is 43.4 Å². The summed E-state index contributed by atoms with van der Waals surface area (Å²) in [7, 11) is 0. The molecule has 2 heteroatoms. The standard InChI is InChI=1S/C12H18FN/c1-9(2)10-3-5-11(6-4-10)12(14)7-8-13/h3-6,9,12H,7-8,14H2,1-2H3/t12-/m0/s1. The number of hydrogen-bond donors (Lipinski definition) is 1. The molecule has 1 aromatic rings. The van der Waals surface area contributed by atoms with E-state index < -0.39 is 0 Å². The van der Waals surface area contributed by atoms with E-state index in [0.29, 0.717) is 12.3 Å². The Labute approximate surface area is 85.1 Å². The third-order valence-electron chi connectivity index (χ3n) is 2.45. The zero-order chi connectivity index (χ0) is 10.6. The fourth-order valence-electron chi connectivity index (χ4n) is 1.41. The van der Waals surface area contributed by atoms with E-state index in [-0.39, 0.29) is 12.7 Å². The molecular formula is C12H18FN. The van der Waals surface area contributed by atoms with E-state index in [1.165, 1.54) is 5.56 Å². The first kappa shape index (κ1) is 11.2. The molecule has 1 nitrogen and oxygen atoms in total. The minimum Gasteiger partial charge on any atom is -0.324 e. The molecule has 0 bridgehead atoms. The van der Waals surface area contributed by atoms with E-state index in [0.717, 1.165) is 5.56 Å². The Morgan fingerprint density at radius 2 is 1.64 bits per heavy atom. The molecule has 1 rings (SSSR count). The van der Waals surface area contributed by atoms with Crippen molar-refractivity contribution < 1.29 is 4.39 Å². The third-order valence-corrected chi connectivity index (χ3v) is 2.45. The zero-order valence-electron chi connectivity index (χ0n) is 8.83. The second-order valence-corrected chi connectivity index (χ2v) is 3.91. The molecule has 0 heterocycles. The van der Waals surface area contributed by atoms with Crippen LogP contribution in [0.4, 0.5) is 4.39 Å². The van der Waals surface area contributed by atoms with Crippen LogP contribution in [0.2, 0.25) is 0 Å². The fourth-order valence-corrected chi connectivity index (χ4v) is 1.41. The maximum Gasteiger partial charge on any atom is 0.0912 e. The predicted molar refractivity (Wildman–Crippen MR) is 58.1 cm³/mol. The SMILES string of the molecule is CC(C)c1ccc([C@@H](N)CCF)cc1. The first-order chi connectivity index (χ1) is 6.65. The highest BCUT2D eigenvalue weighted by Crippen LogP contribution is 2.19. The highest BCUT2D eigenvalue weighted by Gasteiger charge is 2.05. The lowest BCUT2D eigenvalue weighted by Gasteiger charge is -2.11. The highest BCUT2D eigenvalue weighted by molar-refractivity contribution is 5.26. The van der Waals surface area contributed by atoms with Gasteiger partial charge in [0.05, 0.1) is 6.67 Å². The molecule has 1 atom stereocenters. The van der Waals surface area contributed by atoms with Gasteiger partial charge in [-0.25, -0.2) is 0 Å². The monoisotopic (exact) mass is 195 g/mol. The van der Waals surface area contributed by atoms with Crippen molar-refractivity contribution in [1.29, 1.82) is 0 Å². The molecule has 0 aliphatic rings. The first-order valence-electron chi connectivity index (χ1n) is 5.06. The summed E-state index contributed by atoms with van der Waals surface area (Å²) in [4.78, 5) is 0. The van der Waals surface area contributed by atoms with Crippen molar-refractivity contribution in [1.82, 2.24) is 0 Å². The summed E-state index contributed by atoms with van der Waals surface area (Å²) in [5.74, 6) is 0.529. The summed E-state index contributed by atoms with van der Waals surface area (Å²) in [6, 6.07) is 7.96. The lowest BCUT2D eigenvalue weighted by atomic mass is 9.98. The molecule has 0 amide bonds. The normalized spacial score (nSPS) is 13.2. The van der Waals surface area contributed by atoms with Crippen LogP contribution >= 0.6 is 0 Å². The molecule has 2 N–H and O–H groups in total. The van der Waals surface area contributed by atoms with Crippen molar-refractivity contribution in [3.8, 4) is 0 Å². The second-order valence-electron chi connectivity index (χ2n) is 3.91. The van der Waals surface area contributed by atoms with Gasteiger partial charge in [-0.3, -0.25) is 4.39 Å². The Kier molecular flexibility index (Phi) is 4.08. The van der Waals surface area contributed by atoms with E-state index in [9.17, 15) is 4.39 Å². The van der Waals surface area contributed by atoms with Crippen molar-refractivity contribution in [3.05, 3.63) is 35.4 Å². The summed E-state index contributed by atoms with van der Waals surface area (Å²) in [6.07, 6.45) is 0.404. The quantitative estimate of drug-likeness (QED) is 0.784. The topological polar surface area (TPSA) is 26.0 Å². The zero-order valence-corrected chi connectivity index (χ0v) is 8.83. The Morgan fingerprint density at radius 1 is 1.14 bits per heavy atom. The van der Waals surface area contributed by atoms with Crippen LogP contribution in [0.5, 0.6) is 0 Å². The lowest BCUT2D eigenvalue weighted by molar-refractivity contribution is 0.442. The van der Waals surface area contributed by atoms with Gasteiger partial charge in [-0.15, -0.1) is 0 Å². The van der Waals surface area contributed by atoms with Crippen molar-refractivity contribution >= 4 is 0 Å². The molecule has 0 unspecified atom stereocenters. The molecule has 0 fully saturated rings. The van der Waals surface area contributed by atoms with Crippen LogP contribution in [0, 0.1) is 0 Å². The van der Waals surface area contributed by atoms with Crippen molar-refractivity contribution in [2.45, 2.75) is 32.2 Å². The Morgan fingerprint density at radius 3 is 2.07 bits per heavy atom. The van der Waals surface area contributed by atoms with E-state index in [1.54, 1.807) is 0 Å². The molecule has 0 radical (unpaired) electrons. The number of nitrogens with two attached hydrogens (primary N) is 1. The average Bonchev–Trinajstić information content (AvgIpc) is 2.18. The fraction of sp³-hybridized carbons (Fsp3) is 0.500. The number of hydrogen-bond acceptors (Lipinski definition) is 1. The van der Waals surface area contributed by atoms with Gasteiger partial charge < -0.3 is 5.73 Å². The van der Waals surface area contributed by atoms with Gasteiger partial charge in [-0.05, 0) is 23.5 Å². The molecule has 0 aliphatic heterocycles. The summed E-state index contributed by atoms with van der Waals surface area (Å²) in [5.41, 5.74) is 8.10. The number of alkyl halides is 1. The van der Waals surface area contributed by atoms with E-state index in [2.05, 4.69) is 26.0 Å². The maximum atomic E-state index is 12.1. The average molecular weight is 195 g/mol. The second kappa shape index (κ2) is 5.11. The molecular weight excluding hydrogens is 177 g/mol. The van der Waals surface area contributed by atoms with Gasteiger partial charge in [0.15, 0.2) is 0 Å². The molecule has 0 spiro atoms. The molecule has 0 saturated carbocycles. The minimum atomic E-state index is -0.354. The van der Waals surface area contributed by atoms with Crippen LogP contribution in [0.3, 0.4) is 0 Å². The molecule has 14 heavy (non-hydrogen) atoms. The van der Waals surface area contributed by atoms with Gasteiger partial charge in [0, 0.05) is 6.04 Å². The smallest absolute Gasteiger partial charge is 0.0912 e. The van der Waals surface area contributed by atoms with Gasteiger partial charge >= 0.3 is 0 Å².